The topological polar surface area (TPSA) is 71.2 Å². The number of aromatic nitrogens is 1. The first-order chi connectivity index (χ1) is 9.47. The SMILES string of the molecule is Cc1ccc(NC(=O)c2cc(N)ccc2N(C)C)cn1. The smallest absolute Gasteiger partial charge is 0.257 e. The quantitative estimate of drug-likeness (QED) is 0.839. The highest BCUT2D eigenvalue weighted by Gasteiger charge is 2.13. The second kappa shape index (κ2) is 5.61. The average Bonchev–Trinajstić information content (AvgIpc) is 2.41. The molecule has 0 aliphatic heterocycles. The Morgan fingerprint density at radius 2 is 2.00 bits per heavy atom. The molecule has 1 heterocycles. The van der Waals surface area contributed by atoms with Crippen LogP contribution in [-0.4, -0.2) is 25.0 Å². The summed E-state index contributed by atoms with van der Waals surface area (Å²) >= 11 is 0. The molecule has 2 rings (SSSR count). The first-order valence-electron chi connectivity index (χ1n) is 6.28. The van der Waals surface area contributed by atoms with Gasteiger partial charge in [-0.1, -0.05) is 0 Å². The van der Waals surface area contributed by atoms with E-state index in [1.807, 2.05) is 44.1 Å². The summed E-state index contributed by atoms with van der Waals surface area (Å²) in [6.07, 6.45) is 1.63. The molecule has 0 aliphatic rings. The van der Waals surface area contributed by atoms with Crippen LogP contribution in [0.1, 0.15) is 16.1 Å². The molecule has 104 valence electrons. The van der Waals surface area contributed by atoms with Crippen LogP contribution in [0.4, 0.5) is 17.1 Å². The molecule has 0 aliphatic carbocycles. The van der Waals surface area contributed by atoms with Crippen molar-refractivity contribution in [2.24, 2.45) is 0 Å². The molecule has 0 fully saturated rings. The highest BCUT2D eigenvalue weighted by atomic mass is 16.1. The van der Waals surface area contributed by atoms with Gasteiger partial charge in [0, 0.05) is 31.2 Å². The van der Waals surface area contributed by atoms with Gasteiger partial charge in [-0.05, 0) is 37.3 Å². The van der Waals surface area contributed by atoms with E-state index in [-0.39, 0.29) is 5.91 Å². The maximum Gasteiger partial charge on any atom is 0.257 e. The van der Waals surface area contributed by atoms with E-state index in [0.29, 0.717) is 16.9 Å². The van der Waals surface area contributed by atoms with Crippen LogP contribution in [0.2, 0.25) is 0 Å². The van der Waals surface area contributed by atoms with Gasteiger partial charge in [0.1, 0.15) is 0 Å². The van der Waals surface area contributed by atoms with E-state index >= 15 is 0 Å². The Hall–Kier alpha value is -2.56. The van der Waals surface area contributed by atoms with E-state index in [2.05, 4.69) is 10.3 Å². The summed E-state index contributed by atoms with van der Waals surface area (Å²) in [5.74, 6) is -0.202. The van der Waals surface area contributed by atoms with Crippen molar-refractivity contribution in [1.82, 2.24) is 4.98 Å². The van der Waals surface area contributed by atoms with Crippen LogP contribution in [0, 0.1) is 6.92 Å². The van der Waals surface area contributed by atoms with Gasteiger partial charge < -0.3 is 16.0 Å². The number of nitrogens with zero attached hydrogens (tertiary/aromatic N) is 2. The van der Waals surface area contributed by atoms with Gasteiger partial charge in [-0.25, -0.2) is 0 Å². The number of hydrogen-bond acceptors (Lipinski definition) is 4. The summed E-state index contributed by atoms with van der Waals surface area (Å²) in [7, 11) is 3.77. The summed E-state index contributed by atoms with van der Waals surface area (Å²) in [4.78, 5) is 18.4. The van der Waals surface area contributed by atoms with Crippen LogP contribution in [0.15, 0.2) is 36.5 Å². The van der Waals surface area contributed by atoms with Gasteiger partial charge in [-0.3, -0.25) is 9.78 Å². The molecule has 20 heavy (non-hydrogen) atoms. The Bertz CT molecular complexity index is 620. The number of anilines is 3. The number of nitrogen functional groups attached to an aromatic ring is 1. The van der Waals surface area contributed by atoms with Crippen molar-refractivity contribution >= 4 is 23.0 Å². The van der Waals surface area contributed by atoms with E-state index in [4.69, 9.17) is 5.73 Å². The minimum absolute atomic E-state index is 0.202. The average molecular weight is 270 g/mol. The standard InChI is InChI=1S/C15H18N4O/c1-10-4-6-12(9-17-10)18-15(20)13-8-11(16)5-7-14(13)19(2)3/h4-9H,16H2,1-3H3,(H,18,20). The molecular formula is C15H18N4O. The fraction of sp³-hybridized carbons (Fsp3) is 0.200. The first-order valence-corrected chi connectivity index (χ1v) is 6.28. The van der Waals surface area contributed by atoms with Gasteiger partial charge in [0.05, 0.1) is 17.4 Å². The molecule has 1 aromatic carbocycles. The molecule has 5 heteroatoms. The maximum absolute atomic E-state index is 12.4. The molecule has 0 unspecified atom stereocenters. The van der Waals surface area contributed by atoms with Crippen molar-refractivity contribution in [3.8, 4) is 0 Å². The van der Waals surface area contributed by atoms with Crippen molar-refractivity contribution in [3.05, 3.63) is 47.8 Å². The third-order valence-electron chi connectivity index (χ3n) is 2.92. The Kier molecular flexibility index (Phi) is 3.89. The molecule has 0 saturated heterocycles. The lowest BCUT2D eigenvalue weighted by molar-refractivity contribution is 0.102. The van der Waals surface area contributed by atoms with Gasteiger partial charge in [0.2, 0.25) is 0 Å². The number of hydrogen-bond donors (Lipinski definition) is 2. The van der Waals surface area contributed by atoms with E-state index < -0.39 is 0 Å². The van der Waals surface area contributed by atoms with Crippen molar-refractivity contribution in [3.63, 3.8) is 0 Å². The summed E-state index contributed by atoms with van der Waals surface area (Å²) in [5, 5.41) is 2.82. The number of benzene rings is 1. The number of carbonyl (C=O) groups is 1. The third kappa shape index (κ3) is 3.06. The predicted molar refractivity (Wildman–Crippen MR) is 82.1 cm³/mol. The molecular weight excluding hydrogens is 252 g/mol. The van der Waals surface area contributed by atoms with E-state index in [9.17, 15) is 4.79 Å². The van der Waals surface area contributed by atoms with Gasteiger partial charge in [0.25, 0.3) is 5.91 Å². The molecule has 0 radical (unpaired) electrons. The van der Waals surface area contributed by atoms with Crippen molar-refractivity contribution < 1.29 is 4.79 Å². The third-order valence-corrected chi connectivity index (χ3v) is 2.92. The van der Waals surface area contributed by atoms with E-state index in [1.165, 1.54) is 0 Å². The van der Waals surface area contributed by atoms with Crippen molar-refractivity contribution in [2.75, 3.05) is 30.0 Å². The second-order valence-electron chi connectivity index (χ2n) is 4.81. The van der Waals surface area contributed by atoms with Gasteiger partial charge in [0.15, 0.2) is 0 Å². The molecule has 0 spiro atoms. The van der Waals surface area contributed by atoms with E-state index in [0.717, 1.165) is 11.4 Å². The molecule has 5 nitrogen and oxygen atoms in total. The Labute approximate surface area is 118 Å². The number of nitrogens with two attached hydrogens (primary N) is 1. The predicted octanol–water partition coefficient (Wildman–Crippen LogP) is 2.29. The van der Waals surface area contributed by atoms with Crippen molar-refractivity contribution in [1.29, 1.82) is 0 Å². The largest absolute Gasteiger partial charge is 0.399 e. The Morgan fingerprint density at radius 3 is 2.60 bits per heavy atom. The molecule has 0 saturated carbocycles. The number of rotatable bonds is 3. The number of nitrogens with one attached hydrogen (secondary N) is 1. The Balaban J connectivity index is 2.28. The summed E-state index contributed by atoms with van der Waals surface area (Å²) in [6, 6.07) is 8.95. The Morgan fingerprint density at radius 1 is 1.25 bits per heavy atom. The zero-order valence-corrected chi connectivity index (χ0v) is 11.8. The lowest BCUT2D eigenvalue weighted by atomic mass is 10.1. The minimum atomic E-state index is -0.202. The zero-order chi connectivity index (χ0) is 14.7. The van der Waals surface area contributed by atoms with Crippen LogP contribution in [0.3, 0.4) is 0 Å². The molecule has 0 atom stereocenters. The molecule has 3 N–H and O–H groups in total. The highest BCUT2D eigenvalue weighted by Crippen LogP contribution is 2.22. The maximum atomic E-state index is 12.4. The summed E-state index contributed by atoms with van der Waals surface area (Å²) in [5.41, 5.74) is 9.24. The minimum Gasteiger partial charge on any atom is -0.399 e. The number of carbonyl (C=O) groups excluding carboxylic acids is 1. The van der Waals surface area contributed by atoms with Gasteiger partial charge in [-0.15, -0.1) is 0 Å². The lowest BCUT2D eigenvalue weighted by Gasteiger charge is -2.17. The first kappa shape index (κ1) is 13.9. The van der Waals surface area contributed by atoms with Crippen LogP contribution in [0.25, 0.3) is 0 Å². The summed E-state index contributed by atoms with van der Waals surface area (Å²) < 4.78 is 0. The number of aryl methyl sites for hydroxylation is 1. The normalized spacial score (nSPS) is 10.2. The van der Waals surface area contributed by atoms with Crippen LogP contribution < -0.4 is 16.0 Å². The highest BCUT2D eigenvalue weighted by molar-refractivity contribution is 6.08. The summed E-state index contributed by atoms with van der Waals surface area (Å²) in [6.45, 7) is 1.90. The van der Waals surface area contributed by atoms with Gasteiger partial charge in [-0.2, -0.15) is 0 Å². The molecule has 1 amide bonds. The number of pyridine rings is 1. The van der Waals surface area contributed by atoms with Crippen LogP contribution in [-0.2, 0) is 0 Å². The molecule has 1 aromatic heterocycles. The zero-order valence-electron chi connectivity index (χ0n) is 11.8. The van der Waals surface area contributed by atoms with E-state index in [1.54, 1.807) is 18.3 Å². The second-order valence-corrected chi connectivity index (χ2v) is 4.81. The molecule has 2 aromatic rings. The monoisotopic (exact) mass is 270 g/mol. The van der Waals surface area contributed by atoms with Gasteiger partial charge >= 0.3 is 0 Å². The van der Waals surface area contributed by atoms with Crippen molar-refractivity contribution in [2.45, 2.75) is 6.92 Å². The fourth-order valence-corrected chi connectivity index (χ4v) is 1.87. The van der Waals surface area contributed by atoms with Crippen LogP contribution >= 0.6 is 0 Å². The fourth-order valence-electron chi connectivity index (χ4n) is 1.87. The van der Waals surface area contributed by atoms with Crippen LogP contribution in [0.5, 0.6) is 0 Å². The molecule has 0 bridgehead atoms. The lowest BCUT2D eigenvalue weighted by Crippen LogP contribution is -2.19. The number of amides is 1.